The van der Waals surface area contributed by atoms with Gasteiger partial charge in [-0.3, -0.25) is 14.3 Å². The van der Waals surface area contributed by atoms with Gasteiger partial charge in [0.2, 0.25) is 11.8 Å². The minimum atomic E-state index is -0.618. The molecule has 4 aliphatic heterocycles. The number of rotatable bonds is 7. The first-order valence-electron chi connectivity index (χ1n) is 11.2. The molecule has 8 nitrogen and oxygen atoms in total. The van der Waals surface area contributed by atoms with Gasteiger partial charge in [0.15, 0.2) is 0 Å². The summed E-state index contributed by atoms with van der Waals surface area (Å²) in [6.45, 7) is 5.63. The molecule has 3 saturated heterocycles. The average Bonchev–Trinajstić information content (AvgIpc) is 3.53. The molecule has 162 valence electrons. The molecule has 2 amide bonds. The Morgan fingerprint density at radius 3 is 2.87 bits per heavy atom. The molecule has 4 aliphatic rings. The van der Waals surface area contributed by atoms with Crippen molar-refractivity contribution in [1.82, 2.24) is 24.5 Å². The van der Waals surface area contributed by atoms with Gasteiger partial charge in [0, 0.05) is 39.1 Å². The molecule has 0 saturated carbocycles. The molecule has 1 spiro atoms. The fourth-order valence-corrected chi connectivity index (χ4v) is 5.54. The lowest BCUT2D eigenvalue weighted by atomic mass is 9.76. The number of amides is 2. The highest BCUT2D eigenvalue weighted by molar-refractivity contribution is 5.93. The van der Waals surface area contributed by atoms with E-state index in [-0.39, 0.29) is 17.9 Å². The van der Waals surface area contributed by atoms with Gasteiger partial charge in [0.25, 0.3) is 0 Å². The minimum absolute atomic E-state index is 0.00499. The molecular formula is C22H31N5O3. The quantitative estimate of drug-likeness (QED) is 0.613. The van der Waals surface area contributed by atoms with Crippen LogP contribution in [-0.4, -0.2) is 94.3 Å². The highest BCUT2D eigenvalue weighted by Gasteiger charge is 2.66. The summed E-state index contributed by atoms with van der Waals surface area (Å²) in [6.07, 6.45) is 11.2. The lowest BCUT2D eigenvalue weighted by Crippen LogP contribution is -2.45. The molecule has 0 aromatic carbocycles. The Morgan fingerprint density at radius 2 is 2.10 bits per heavy atom. The fourth-order valence-electron chi connectivity index (χ4n) is 5.54. The number of aromatic nitrogens is 2. The zero-order chi connectivity index (χ0) is 20.7. The predicted octanol–water partition coefficient (Wildman–Crippen LogP) is 0.609. The Bertz CT molecular complexity index is 819. The normalized spacial score (nSPS) is 32.8. The molecule has 1 aromatic rings. The van der Waals surface area contributed by atoms with Crippen molar-refractivity contribution < 1.29 is 14.3 Å². The Balaban J connectivity index is 1.24. The second-order valence-electron chi connectivity index (χ2n) is 9.09. The first kappa shape index (κ1) is 19.8. The van der Waals surface area contributed by atoms with Crippen LogP contribution < -0.4 is 0 Å². The van der Waals surface area contributed by atoms with E-state index >= 15 is 0 Å². The molecule has 0 N–H and O–H groups in total. The summed E-state index contributed by atoms with van der Waals surface area (Å²) in [5.41, 5.74) is -0.618. The summed E-state index contributed by atoms with van der Waals surface area (Å²) in [5.74, 6) is -0.745. The topological polar surface area (TPSA) is 70.9 Å². The van der Waals surface area contributed by atoms with E-state index in [4.69, 9.17) is 4.74 Å². The molecule has 30 heavy (non-hydrogen) atoms. The van der Waals surface area contributed by atoms with Crippen molar-refractivity contribution in [1.29, 1.82) is 0 Å². The van der Waals surface area contributed by atoms with Crippen LogP contribution >= 0.6 is 0 Å². The van der Waals surface area contributed by atoms with Gasteiger partial charge in [-0.2, -0.15) is 5.10 Å². The molecule has 8 heteroatoms. The zero-order valence-corrected chi connectivity index (χ0v) is 17.7. The summed E-state index contributed by atoms with van der Waals surface area (Å²) in [6, 6.07) is 1.87. The van der Waals surface area contributed by atoms with Gasteiger partial charge < -0.3 is 19.4 Å². The summed E-state index contributed by atoms with van der Waals surface area (Å²) in [4.78, 5) is 32.7. The van der Waals surface area contributed by atoms with E-state index in [0.29, 0.717) is 19.6 Å². The number of hydrogen-bond donors (Lipinski definition) is 0. The van der Waals surface area contributed by atoms with Crippen molar-refractivity contribution in [3.63, 3.8) is 0 Å². The molecule has 2 bridgehead atoms. The lowest BCUT2D eigenvalue weighted by molar-refractivity contribution is -0.142. The van der Waals surface area contributed by atoms with E-state index in [0.717, 1.165) is 26.2 Å². The number of likely N-dealkylation sites (N-methyl/N-ethyl adjacent to an activating group) is 1. The number of likely N-dealkylation sites (tertiary alicyclic amines) is 2. The van der Waals surface area contributed by atoms with Crippen molar-refractivity contribution in [3.8, 4) is 0 Å². The first-order valence-corrected chi connectivity index (χ1v) is 11.2. The van der Waals surface area contributed by atoms with Crippen LogP contribution in [0, 0.1) is 11.8 Å². The number of hydrogen-bond acceptors (Lipinski definition) is 5. The molecule has 5 heterocycles. The summed E-state index contributed by atoms with van der Waals surface area (Å²) >= 11 is 0. The molecule has 1 aromatic heterocycles. The van der Waals surface area contributed by atoms with E-state index in [2.05, 4.69) is 10.00 Å². The Hall–Kier alpha value is -2.19. The number of nitrogens with zero attached hydrogens (tertiary/aromatic N) is 5. The van der Waals surface area contributed by atoms with Crippen LogP contribution in [0.1, 0.15) is 19.3 Å². The van der Waals surface area contributed by atoms with Gasteiger partial charge in [0.1, 0.15) is 5.60 Å². The van der Waals surface area contributed by atoms with Crippen LogP contribution in [0.25, 0.3) is 0 Å². The van der Waals surface area contributed by atoms with Crippen LogP contribution in [0.4, 0.5) is 0 Å². The Morgan fingerprint density at radius 1 is 1.27 bits per heavy atom. The first-order chi connectivity index (χ1) is 14.6. The van der Waals surface area contributed by atoms with Crippen LogP contribution in [0.2, 0.25) is 0 Å². The molecule has 3 fully saturated rings. The third-order valence-corrected chi connectivity index (χ3v) is 7.20. The molecule has 4 atom stereocenters. The largest absolute Gasteiger partial charge is 0.360 e. The number of ether oxygens (including phenoxy) is 1. The molecular weight excluding hydrogens is 382 g/mol. The van der Waals surface area contributed by atoms with Gasteiger partial charge in [-0.25, -0.2) is 0 Å². The van der Waals surface area contributed by atoms with E-state index in [1.54, 1.807) is 11.1 Å². The summed E-state index contributed by atoms with van der Waals surface area (Å²) in [5, 5.41) is 4.19. The molecule has 0 radical (unpaired) electrons. The van der Waals surface area contributed by atoms with Crippen molar-refractivity contribution in [2.24, 2.45) is 11.8 Å². The van der Waals surface area contributed by atoms with Crippen LogP contribution in [0.15, 0.2) is 30.6 Å². The van der Waals surface area contributed by atoms with Gasteiger partial charge in [-0.1, -0.05) is 18.6 Å². The number of piperidine rings is 1. The monoisotopic (exact) mass is 413 g/mol. The standard InChI is InChI=1S/C22H31N5O3/c1-24(12-15-27-11-5-8-23-27)20(28)18-17-6-7-22(30-17)16-26(21(29)19(18)22)14-13-25-9-3-2-4-10-25/h5-8,11,17-19H,2-4,9-10,12-16H2,1H3/t17-,18+,19-,22-/m0/s1. The fraction of sp³-hybridized carbons (Fsp3) is 0.682. The van der Waals surface area contributed by atoms with Crippen molar-refractivity contribution in [2.45, 2.75) is 37.5 Å². The van der Waals surface area contributed by atoms with Gasteiger partial charge >= 0.3 is 0 Å². The maximum atomic E-state index is 13.3. The van der Waals surface area contributed by atoms with Crippen molar-refractivity contribution in [3.05, 3.63) is 30.6 Å². The van der Waals surface area contributed by atoms with E-state index in [1.807, 2.05) is 41.0 Å². The maximum absolute atomic E-state index is 13.3. The van der Waals surface area contributed by atoms with E-state index in [9.17, 15) is 9.59 Å². The highest BCUT2D eigenvalue weighted by Crippen LogP contribution is 2.52. The second-order valence-corrected chi connectivity index (χ2v) is 9.09. The van der Waals surface area contributed by atoms with Crippen LogP contribution in [0.5, 0.6) is 0 Å². The van der Waals surface area contributed by atoms with Gasteiger partial charge in [-0.15, -0.1) is 0 Å². The SMILES string of the molecule is CN(CCn1cccn1)C(=O)[C@@H]1[C@@H]2C=C[C@@]3(CN(CCN4CCCCC4)C(=O)[C@H]13)O2. The zero-order valence-electron chi connectivity index (χ0n) is 17.7. The van der Waals surface area contributed by atoms with Crippen molar-refractivity contribution in [2.75, 3.05) is 46.3 Å². The number of carbonyl (C=O) groups excluding carboxylic acids is 2. The second kappa shape index (κ2) is 7.81. The predicted molar refractivity (Wildman–Crippen MR) is 110 cm³/mol. The van der Waals surface area contributed by atoms with Crippen LogP contribution in [0.3, 0.4) is 0 Å². The Labute approximate surface area is 177 Å². The maximum Gasteiger partial charge on any atom is 0.230 e. The molecule has 5 rings (SSSR count). The number of carbonyl (C=O) groups is 2. The lowest BCUT2D eigenvalue weighted by Gasteiger charge is -2.29. The molecule has 0 unspecified atom stereocenters. The van der Waals surface area contributed by atoms with Gasteiger partial charge in [-0.05, 0) is 32.0 Å². The van der Waals surface area contributed by atoms with Crippen LogP contribution in [-0.2, 0) is 20.9 Å². The minimum Gasteiger partial charge on any atom is -0.360 e. The van der Waals surface area contributed by atoms with Gasteiger partial charge in [0.05, 0.1) is 31.0 Å². The van der Waals surface area contributed by atoms with Crippen molar-refractivity contribution >= 4 is 11.8 Å². The third kappa shape index (κ3) is 3.36. The third-order valence-electron chi connectivity index (χ3n) is 7.20. The van der Waals surface area contributed by atoms with E-state index < -0.39 is 17.4 Å². The summed E-state index contributed by atoms with van der Waals surface area (Å²) in [7, 11) is 1.81. The van der Waals surface area contributed by atoms with E-state index in [1.165, 1.54) is 19.3 Å². The molecule has 0 aliphatic carbocycles. The number of fused-ring (bicyclic) bond motifs is 1. The Kier molecular flexibility index (Phi) is 5.14. The average molecular weight is 414 g/mol. The summed E-state index contributed by atoms with van der Waals surface area (Å²) < 4.78 is 8.07. The highest BCUT2D eigenvalue weighted by atomic mass is 16.5. The smallest absolute Gasteiger partial charge is 0.230 e.